The van der Waals surface area contributed by atoms with Crippen molar-refractivity contribution >= 4 is 21.8 Å². The topological polar surface area (TPSA) is 46.3 Å². The van der Waals surface area contributed by atoms with Gasteiger partial charge in [0.1, 0.15) is 0 Å². The summed E-state index contributed by atoms with van der Waals surface area (Å²) in [5.41, 5.74) is 5.44. The van der Waals surface area contributed by atoms with Gasteiger partial charge in [0, 0.05) is 17.9 Å². The molecule has 1 saturated heterocycles. The minimum atomic E-state index is -0.117. The van der Waals surface area contributed by atoms with Crippen LogP contribution >= 0.6 is 15.9 Å². The number of carbonyl (C=O) groups is 1. The fraction of sp³-hybridized carbons (Fsp3) is 0.938. The van der Waals surface area contributed by atoms with Gasteiger partial charge in [0.15, 0.2) is 0 Å². The van der Waals surface area contributed by atoms with Crippen LogP contribution in [0.2, 0.25) is 0 Å². The molecule has 1 heterocycles. The number of primary amides is 1. The maximum absolute atomic E-state index is 11.3. The number of hydrogen-bond donors (Lipinski definition) is 1. The highest BCUT2D eigenvalue weighted by molar-refractivity contribution is 9.09. The highest BCUT2D eigenvalue weighted by Crippen LogP contribution is 2.22. The number of unbranched alkanes of at least 4 members (excludes halogenated alkanes) is 6. The predicted octanol–water partition coefficient (Wildman–Crippen LogP) is 3.70. The molecule has 4 heteroatoms. The molecule has 2 unspecified atom stereocenters. The number of hydrogen-bond acceptors (Lipinski definition) is 2. The number of likely N-dealkylation sites (tertiary alicyclic amines) is 1. The fourth-order valence-electron chi connectivity index (χ4n) is 3.02. The Morgan fingerprint density at radius 1 is 1.10 bits per heavy atom. The van der Waals surface area contributed by atoms with Gasteiger partial charge in [0.05, 0.1) is 5.92 Å². The fourth-order valence-corrected chi connectivity index (χ4v) is 3.41. The molecule has 1 rings (SSSR count). The summed E-state index contributed by atoms with van der Waals surface area (Å²) in [4.78, 5) is 13.8. The maximum Gasteiger partial charge on any atom is 0.221 e. The van der Waals surface area contributed by atoms with Gasteiger partial charge in [0.25, 0.3) is 0 Å². The monoisotopic (exact) mass is 346 g/mol. The lowest BCUT2D eigenvalue weighted by Gasteiger charge is -2.36. The first-order valence-corrected chi connectivity index (χ1v) is 9.36. The molecule has 0 radical (unpaired) electrons. The Hall–Kier alpha value is -0.0900. The molecule has 2 N–H and O–H groups in total. The highest BCUT2D eigenvalue weighted by atomic mass is 79.9. The minimum absolute atomic E-state index is 0.0791. The second-order valence-electron chi connectivity index (χ2n) is 6.18. The molecule has 0 aliphatic carbocycles. The number of halogens is 1. The van der Waals surface area contributed by atoms with Gasteiger partial charge in [-0.15, -0.1) is 0 Å². The third-order valence-corrected chi connectivity index (χ3v) is 5.05. The number of alkyl halides is 1. The molecule has 0 saturated carbocycles. The molecule has 1 aliphatic rings. The van der Waals surface area contributed by atoms with E-state index in [9.17, 15) is 4.79 Å². The standard InChI is InChI=1S/C16H31BrN2O/c1-14-9-10-15(16(18)20)13-19(14)12-8-6-4-2-3-5-7-11-17/h14-15H,2-13H2,1H3,(H2,18,20). The van der Waals surface area contributed by atoms with E-state index >= 15 is 0 Å². The van der Waals surface area contributed by atoms with Gasteiger partial charge in [-0.1, -0.05) is 48.0 Å². The molecule has 1 fully saturated rings. The lowest BCUT2D eigenvalue weighted by molar-refractivity contribution is -0.123. The van der Waals surface area contributed by atoms with Crippen molar-refractivity contribution in [1.82, 2.24) is 4.90 Å². The molecule has 1 amide bonds. The number of rotatable bonds is 10. The third kappa shape index (κ3) is 7.07. The summed E-state index contributed by atoms with van der Waals surface area (Å²) in [6, 6.07) is 0.615. The molecule has 0 bridgehead atoms. The van der Waals surface area contributed by atoms with Crippen LogP contribution in [0.25, 0.3) is 0 Å². The zero-order valence-electron chi connectivity index (χ0n) is 13.0. The van der Waals surface area contributed by atoms with Crippen LogP contribution in [0.15, 0.2) is 0 Å². The predicted molar refractivity (Wildman–Crippen MR) is 89.1 cm³/mol. The maximum atomic E-state index is 11.3. The number of amides is 1. The van der Waals surface area contributed by atoms with Crippen molar-refractivity contribution in [1.29, 1.82) is 0 Å². The molecule has 0 aromatic rings. The van der Waals surface area contributed by atoms with Gasteiger partial charge in [0.2, 0.25) is 5.91 Å². The molecule has 0 spiro atoms. The van der Waals surface area contributed by atoms with Crippen LogP contribution in [0.4, 0.5) is 0 Å². The molecular formula is C16H31BrN2O. The summed E-state index contributed by atoms with van der Waals surface area (Å²) in [5.74, 6) is -0.0378. The first-order chi connectivity index (χ1) is 9.65. The van der Waals surface area contributed by atoms with Crippen LogP contribution in [-0.4, -0.2) is 35.3 Å². The van der Waals surface area contributed by atoms with Crippen molar-refractivity contribution in [3.05, 3.63) is 0 Å². The Kier molecular flexibility index (Phi) is 9.53. The van der Waals surface area contributed by atoms with Gasteiger partial charge < -0.3 is 5.73 Å². The zero-order valence-corrected chi connectivity index (χ0v) is 14.5. The number of carbonyl (C=O) groups excluding carboxylic acids is 1. The summed E-state index contributed by atoms with van der Waals surface area (Å²) in [6.45, 7) is 4.28. The Bertz CT molecular complexity index is 273. The van der Waals surface area contributed by atoms with E-state index in [0.29, 0.717) is 6.04 Å². The first-order valence-electron chi connectivity index (χ1n) is 8.24. The highest BCUT2D eigenvalue weighted by Gasteiger charge is 2.27. The SMILES string of the molecule is CC1CCC(C(N)=O)CN1CCCCCCCCCBr. The second kappa shape index (κ2) is 10.6. The van der Waals surface area contributed by atoms with Gasteiger partial charge in [-0.25, -0.2) is 0 Å². The number of nitrogens with two attached hydrogens (primary N) is 1. The minimum Gasteiger partial charge on any atom is -0.369 e. The van der Waals surface area contributed by atoms with Crippen LogP contribution in [0.1, 0.15) is 64.7 Å². The van der Waals surface area contributed by atoms with Crippen LogP contribution in [0.5, 0.6) is 0 Å². The van der Waals surface area contributed by atoms with Crippen molar-refractivity contribution in [3.63, 3.8) is 0 Å². The molecule has 118 valence electrons. The van der Waals surface area contributed by atoms with Gasteiger partial charge in [-0.05, 0) is 39.2 Å². The summed E-state index contributed by atoms with van der Waals surface area (Å²) in [7, 11) is 0. The molecule has 1 aliphatic heterocycles. The van der Waals surface area contributed by atoms with Crippen LogP contribution in [-0.2, 0) is 4.79 Å². The van der Waals surface area contributed by atoms with Crippen LogP contribution < -0.4 is 5.73 Å². The van der Waals surface area contributed by atoms with Gasteiger partial charge in [-0.2, -0.15) is 0 Å². The van der Waals surface area contributed by atoms with E-state index in [1.54, 1.807) is 0 Å². The van der Waals surface area contributed by atoms with Crippen molar-refractivity contribution < 1.29 is 4.79 Å². The van der Waals surface area contributed by atoms with E-state index in [4.69, 9.17) is 5.73 Å². The zero-order chi connectivity index (χ0) is 14.8. The molecule has 20 heavy (non-hydrogen) atoms. The van der Waals surface area contributed by atoms with Crippen LogP contribution in [0.3, 0.4) is 0 Å². The van der Waals surface area contributed by atoms with Crippen molar-refractivity contribution in [2.45, 2.75) is 70.8 Å². The van der Waals surface area contributed by atoms with E-state index in [2.05, 4.69) is 27.8 Å². The summed E-state index contributed by atoms with van der Waals surface area (Å²) >= 11 is 3.47. The third-order valence-electron chi connectivity index (χ3n) is 4.49. The Balaban J connectivity index is 2.06. The molecule has 0 aromatic heterocycles. The average Bonchev–Trinajstić information content (AvgIpc) is 2.43. The second-order valence-corrected chi connectivity index (χ2v) is 6.98. The average molecular weight is 347 g/mol. The first kappa shape index (κ1) is 18.0. The van der Waals surface area contributed by atoms with Gasteiger partial charge in [-0.3, -0.25) is 9.69 Å². The Morgan fingerprint density at radius 3 is 2.30 bits per heavy atom. The molecule has 2 atom stereocenters. The smallest absolute Gasteiger partial charge is 0.221 e. The normalized spacial score (nSPS) is 23.9. The lowest BCUT2D eigenvalue weighted by atomic mass is 9.92. The summed E-state index contributed by atoms with van der Waals surface area (Å²) in [6.07, 6.45) is 11.4. The molecular weight excluding hydrogens is 316 g/mol. The quantitative estimate of drug-likeness (QED) is 0.484. The van der Waals surface area contributed by atoms with Crippen LogP contribution in [0, 0.1) is 5.92 Å². The van der Waals surface area contributed by atoms with E-state index in [-0.39, 0.29) is 11.8 Å². The van der Waals surface area contributed by atoms with E-state index in [1.807, 2.05) is 0 Å². The van der Waals surface area contributed by atoms with E-state index in [0.717, 1.165) is 31.3 Å². The van der Waals surface area contributed by atoms with E-state index < -0.39 is 0 Å². The van der Waals surface area contributed by atoms with Crippen molar-refractivity contribution in [2.24, 2.45) is 11.7 Å². The Labute approximate surface area is 132 Å². The summed E-state index contributed by atoms with van der Waals surface area (Å²) < 4.78 is 0. The molecule has 0 aromatic carbocycles. The van der Waals surface area contributed by atoms with Crippen molar-refractivity contribution in [3.8, 4) is 0 Å². The summed E-state index contributed by atoms with van der Waals surface area (Å²) in [5, 5.41) is 1.14. The lowest BCUT2D eigenvalue weighted by Crippen LogP contribution is -2.46. The number of nitrogens with zero attached hydrogens (tertiary/aromatic N) is 1. The Morgan fingerprint density at radius 2 is 1.70 bits per heavy atom. The van der Waals surface area contributed by atoms with E-state index in [1.165, 1.54) is 44.9 Å². The molecule has 3 nitrogen and oxygen atoms in total. The van der Waals surface area contributed by atoms with Gasteiger partial charge >= 0.3 is 0 Å². The number of piperidine rings is 1. The largest absolute Gasteiger partial charge is 0.369 e. The van der Waals surface area contributed by atoms with Crippen molar-refractivity contribution in [2.75, 3.05) is 18.4 Å².